The normalized spacial score (nSPS) is 13.7. The molecule has 1 saturated heterocycles. The van der Waals surface area contributed by atoms with Crippen LogP contribution in [0.15, 0.2) is 24.3 Å². The van der Waals surface area contributed by atoms with E-state index in [-0.39, 0.29) is 43.4 Å². The third-order valence-corrected chi connectivity index (χ3v) is 6.13. The molecule has 196 valence electrons. The number of esters is 1. The number of nitro groups is 1. The summed E-state index contributed by atoms with van der Waals surface area (Å²) in [4.78, 5) is 36.1. The second-order valence-electron chi connectivity index (χ2n) is 8.84. The first-order chi connectivity index (χ1) is 17.3. The molecule has 0 radical (unpaired) electrons. The van der Waals surface area contributed by atoms with Crippen molar-refractivity contribution in [3.8, 4) is 6.01 Å². The van der Waals surface area contributed by atoms with E-state index >= 15 is 0 Å². The Morgan fingerprint density at radius 3 is 2.53 bits per heavy atom. The average molecular weight is 501 g/mol. The fourth-order valence-electron chi connectivity index (χ4n) is 4.31. The summed E-state index contributed by atoms with van der Waals surface area (Å²) < 4.78 is 11.0. The van der Waals surface area contributed by atoms with Gasteiger partial charge in [-0.05, 0) is 56.8 Å². The Hall–Kier alpha value is -3.47. The average Bonchev–Trinajstić information content (AvgIpc) is 3.35. The van der Waals surface area contributed by atoms with Crippen LogP contribution in [0.3, 0.4) is 0 Å². The summed E-state index contributed by atoms with van der Waals surface area (Å²) in [6.45, 7) is 8.75. The predicted octanol–water partition coefficient (Wildman–Crippen LogP) is 3.70. The van der Waals surface area contributed by atoms with E-state index < -0.39 is 16.6 Å². The molecule has 11 nitrogen and oxygen atoms in total. The molecule has 0 bridgehead atoms. The number of nitrogen functional groups attached to an aromatic ring is 1. The van der Waals surface area contributed by atoms with Crippen molar-refractivity contribution in [2.45, 2.75) is 65.6 Å². The predicted molar refractivity (Wildman–Crippen MR) is 137 cm³/mol. The van der Waals surface area contributed by atoms with Gasteiger partial charge in [0.1, 0.15) is 12.6 Å². The van der Waals surface area contributed by atoms with E-state index in [0.717, 1.165) is 30.8 Å². The summed E-state index contributed by atoms with van der Waals surface area (Å²) in [5.41, 5.74) is 7.55. The van der Waals surface area contributed by atoms with Crippen LogP contribution in [0.4, 0.5) is 17.3 Å². The third-order valence-electron chi connectivity index (χ3n) is 6.13. The second-order valence-corrected chi connectivity index (χ2v) is 8.84. The van der Waals surface area contributed by atoms with Crippen molar-refractivity contribution in [2.75, 3.05) is 36.9 Å². The Labute approximate surface area is 211 Å². The number of nitrogens with two attached hydrogens (primary N) is 1. The molecule has 1 aromatic carbocycles. The maximum Gasteiger partial charge on any atom is 0.353 e. The number of carbonyl (C=O) groups is 1. The van der Waals surface area contributed by atoms with Crippen molar-refractivity contribution in [3.05, 3.63) is 45.5 Å². The molecule has 0 aliphatic carbocycles. The van der Waals surface area contributed by atoms with Crippen LogP contribution in [0.25, 0.3) is 0 Å². The van der Waals surface area contributed by atoms with Crippen LogP contribution in [0.5, 0.6) is 6.01 Å². The van der Waals surface area contributed by atoms with Gasteiger partial charge >= 0.3 is 17.7 Å². The number of ether oxygens (including phenoxy) is 2. The van der Waals surface area contributed by atoms with Crippen LogP contribution in [-0.2, 0) is 22.6 Å². The Bertz CT molecular complexity index is 1040. The SMILES string of the molecule is CCOC(=O)CN(Cc1cccc(CN2CCCC2)c1)c1nc(OC(CC)CC)nc(N)c1[N+](=O)[O-]. The molecule has 2 heterocycles. The molecule has 1 aliphatic heterocycles. The topological polar surface area (TPSA) is 137 Å². The lowest BCUT2D eigenvalue weighted by atomic mass is 10.1. The van der Waals surface area contributed by atoms with E-state index in [1.165, 1.54) is 17.7 Å². The van der Waals surface area contributed by atoms with Gasteiger partial charge in [-0.1, -0.05) is 38.1 Å². The highest BCUT2D eigenvalue weighted by Gasteiger charge is 2.30. The first-order valence-corrected chi connectivity index (χ1v) is 12.5. The minimum absolute atomic E-state index is 0.0570. The first-order valence-electron chi connectivity index (χ1n) is 12.5. The van der Waals surface area contributed by atoms with Gasteiger partial charge in [0.05, 0.1) is 11.5 Å². The quantitative estimate of drug-likeness (QED) is 0.246. The number of hydrogen-bond acceptors (Lipinski definition) is 10. The number of carbonyl (C=O) groups excluding carboxylic acids is 1. The van der Waals surface area contributed by atoms with Gasteiger partial charge in [0.25, 0.3) is 0 Å². The second kappa shape index (κ2) is 13.0. The smallest absolute Gasteiger partial charge is 0.353 e. The van der Waals surface area contributed by atoms with Crippen LogP contribution in [0.1, 0.15) is 57.6 Å². The first kappa shape index (κ1) is 27.1. The molecule has 0 unspecified atom stereocenters. The highest BCUT2D eigenvalue weighted by molar-refractivity contribution is 5.78. The highest BCUT2D eigenvalue weighted by atomic mass is 16.6. The summed E-state index contributed by atoms with van der Waals surface area (Å²) in [5, 5.41) is 12.0. The minimum Gasteiger partial charge on any atom is -0.465 e. The molecule has 1 aliphatic rings. The maximum atomic E-state index is 12.5. The van der Waals surface area contributed by atoms with Crippen molar-refractivity contribution < 1.29 is 19.2 Å². The zero-order chi connectivity index (χ0) is 26.1. The Morgan fingerprint density at radius 2 is 1.89 bits per heavy atom. The summed E-state index contributed by atoms with van der Waals surface area (Å²) in [6, 6.07) is 7.93. The lowest BCUT2D eigenvalue weighted by Gasteiger charge is -2.24. The summed E-state index contributed by atoms with van der Waals surface area (Å²) in [7, 11) is 0. The summed E-state index contributed by atoms with van der Waals surface area (Å²) >= 11 is 0. The molecule has 36 heavy (non-hydrogen) atoms. The van der Waals surface area contributed by atoms with Gasteiger partial charge in [-0.2, -0.15) is 9.97 Å². The van der Waals surface area contributed by atoms with Gasteiger partial charge in [0.15, 0.2) is 0 Å². The molecule has 0 spiro atoms. The molecular formula is C25H36N6O5. The van der Waals surface area contributed by atoms with E-state index in [4.69, 9.17) is 15.2 Å². The van der Waals surface area contributed by atoms with E-state index in [1.54, 1.807) is 6.92 Å². The van der Waals surface area contributed by atoms with Gasteiger partial charge in [-0.15, -0.1) is 0 Å². The van der Waals surface area contributed by atoms with E-state index in [0.29, 0.717) is 12.8 Å². The lowest BCUT2D eigenvalue weighted by molar-refractivity contribution is -0.383. The molecular weight excluding hydrogens is 464 g/mol. The zero-order valence-electron chi connectivity index (χ0n) is 21.3. The van der Waals surface area contributed by atoms with Crippen molar-refractivity contribution >= 4 is 23.3 Å². The number of nitrogens with zero attached hydrogens (tertiary/aromatic N) is 5. The monoisotopic (exact) mass is 500 g/mol. The summed E-state index contributed by atoms with van der Waals surface area (Å²) in [5.74, 6) is -0.922. The number of anilines is 2. The van der Waals surface area contributed by atoms with Gasteiger partial charge in [-0.25, -0.2) is 0 Å². The van der Waals surface area contributed by atoms with Gasteiger partial charge in [0, 0.05) is 13.1 Å². The van der Waals surface area contributed by atoms with Crippen molar-refractivity contribution in [2.24, 2.45) is 0 Å². The van der Waals surface area contributed by atoms with Crippen molar-refractivity contribution in [1.82, 2.24) is 14.9 Å². The Kier molecular flexibility index (Phi) is 9.80. The molecule has 1 aromatic heterocycles. The number of hydrogen-bond donors (Lipinski definition) is 1. The molecule has 2 N–H and O–H groups in total. The molecule has 2 aromatic rings. The van der Waals surface area contributed by atoms with Gasteiger partial charge in [-0.3, -0.25) is 19.8 Å². The standard InChI is InChI=1S/C25H36N6O5/c1-4-20(5-2)36-25-27-23(26)22(31(33)34)24(28-25)30(17-21(32)35-6-3)16-19-11-9-10-18(14-19)15-29-12-7-8-13-29/h9-11,14,20H,4-8,12-13,15-17H2,1-3H3,(H2,26,27,28). The Morgan fingerprint density at radius 1 is 1.19 bits per heavy atom. The molecule has 0 atom stereocenters. The highest BCUT2D eigenvalue weighted by Crippen LogP contribution is 2.34. The van der Waals surface area contributed by atoms with Gasteiger partial charge < -0.3 is 20.1 Å². The maximum absolute atomic E-state index is 12.5. The van der Waals surface area contributed by atoms with Crippen LogP contribution in [0.2, 0.25) is 0 Å². The van der Waals surface area contributed by atoms with Crippen molar-refractivity contribution in [3.63, 3.8) is 0 Å². The van der Waals surface area contributed by atoms with Crippen molar-refractivity contribution in [1.29, 1.82) is 0 Å². The number of rotatable bonds is 13. The largest absolute Gasteiger partial charge is 0.465 e. The zero-order valence-corrected chi connectivity index (χ0v) is 21.3. The number of likely N-dealkylation sites (tertiary alicyclic amines) is 1. The lowest BCUT2D eigenvalue weighted by Crippen LogP contribution is -2.32. The molecule has 3 rings (SSSR count). The molecule has 1 fully saturated rings. The Balaban J connectivity index is 1.98. The van der Waals surface area contributed by atoms with Gasteiger partial charge in [0.2, 0.25) is 11.6 Å². The minimum atomic E-state index is -0.631. The van der Waals surface area contributed by atoms with E-state index in [2.05, 4.69) is 27.0 Å². The fraction of sp³-hybridized carbons (Fsp3) is 0.560. The van der Waals surface area contributed by atoms with Crippen LogP contribution in [-0.4, -0.2) is 58.1 Å². The van der Waals surface area contributed by atoms with Crippen LogP contribution < -0.4 is 15.4 Å². The molecule has 11 heteroatoms. The number of aromatic nitrogens is 2. The number of benzene rings is 1. The van der Waals surface area contributed by atoms with E-state index in [1.807, 2.05) is 26.0 Å². The van der Waals surface area contributed by atoms with Crippen LogP contribution in [0, 0.1) is 10.1 Å². The van der Waals surface area contributed by atoms with E-state index in [9.17, 15) is 14.9 Å². The third kappa shape index (κ3) is 7.27. The molecule has 0 amide bonds. The molecule has 0 saturated carbocycles. The fourth-order valence-corrected chi connectivity index (χ4v) is 4.31. The summed E-state index contributed by atoms with van der Waals surface area (Å²) in [6.07, 6.45) is 3.66. The van der Waals surface area contributed by atoms with Crippen LogP contribution >= 0.6 is 0 Å².